The molecule has 0 radical (unpaired) electrons. The highest BCUT2D eigenvalue weighted by Crippen LogP contribution is 2.23. The third-order valence-corrected chi connectivity index (χ3v) is 3.33. The Bertz CT molecular complexity index is 114. The summed E-state index contributed by atoms with van der Waals surface area (Å²) in [6.07, 6.45) is 2.50. The molecule has 0 amide bonds. The molecule has 0 nitrogen and oxygen atoms in total. The zero-order valence-electron chi connectivity index (χ0n) is 7.86. The predicted octanol–water partition coefficient (Wildman–Crippen LogP) is 4.05. The first-order valence-electron chi connectivity index (χ1n) is 4.32. The molecule has 2 atom stereocenters. The Kier molecular flexibility index (Phi) is 6.30. The van der Waals surface area contributed by atoms with Crippen LogP contribution >= 0.6 is 22.6 Å². The summed E-state index contributed by atoms with van der Waals surface area (Å²) in [6.45, 7) is 10.7. The maximum absolute atomic E-state index is 3.94. The lowest BCUT2D eigenvalue weighted by Gasteiger charge is -2.20. The topological polar surface area (TPSA) is 0 Å². The lowest BCUT2D eigenvalue weighted by atomic mass is 9.89. The summed E-state index contributed by atoms with van der Waals surface area (Å²) in [7, 11) is 0. The van der Waals surface area contributed by atoms with Gasteiger partial charge in [-0.15, -0.1) is 6.58 Å². The molecule has 0 aromatic heterocycles. The molecule has 0 N–H and O–H groups in total. The van der Waals surface area contributed by atoms with Crippen LogP contribution in [-0.2, 0) is 0 Å². The van der Waals surface area contributed by atoms with Crippen LogP contribution < -0.4 is 0 Å². The van der Waals surface area contributed by atoms with Crippen molar-refractivity contribution in [3.05, 3.63) is 12.2 Å². The second-order valence-electron chi connectivity index (χ2n) is 3.46. The molecule has 0 saturated heterocycles. The molecule has 1 heteroatoms. The molecule has 0 heterocycles. The van der Waals surface area contributed by atoms with E-state index in [1.165, 1.54) is 22.8 Å². The molecule has 2 unspecified atom stereocenters. The van der Waals surface area contributed by atoms with E-state index >= 15 is 0 Å². The second-order valence-corrected chi connectivity index (χ2v) is 4.34. The van der Waals surface area contributed by atoms with E-state index in [1.807, 2.05) is 0 Å². The molecular formula is C10H19I. The Morgan fingerprint density at radius 1 is 1.55 bits per heavy atom. The number of hydrogen-bond acceptors (Lipinski definition) is 0. The van der Waals surface area contributed by atoms with E-state index in [1.54, 1.807) is 0 Å². The molecular weight excluding hydrogens is 247 g/mol. The Morgan fingerprint density at radius 2 is 2.09 bits per heavy atom. The van der Waals surface area contributed by atoms with E-state index in [0.717, 1.165) is 11.8 Å². The predicted molar refractivity (Wildman–Crippen MR) is 61.3 cm³/mol. The first-order valence-corrected chi connectivity index (χ1v) is 5.84. The number of alkyl halides is 1. The zero-order valence-corrected chi connectivity index (χ0v) is 10.0. The molecule has 0 aliphatic rings. The average Bonchev–Trinajstić information content (AvgIpc) is 1.88. The highest BCUT2D eigenvalue weighted by atomic mass is 127. The van der Waals surface area contributed by atoms with Gasteiger partial charge < -0.3 is 0 Å². The Morgan fingerprint density at radius 3 is 2.36 bits per heavy atom. The van der Waals surface area contributed by atoms with E-state index in [9.17, 15) is 0 Å². The van der Waals surface area contributed by atoms with Crippen molar-refractivity contribution in [1.82, 2.24) is 0 Å². The first kappa shape index (κ1) is 11.5. The van der Waals surface area contributed by atoms with Gasteiger partial charge in [-0.05, 0) is 25.2 Å². The smallest absolute Gasteiger partial charge is 0.00262 e. The van der Waals surface area contributed by atoms with Gasteiger partial charge in [0.15, 0.2) is 0 Å². The summed E-state index contributed by atoms with van der Waals surface area (Å²) in [5, 5.41) is 0. The van der Waals surface area contributed by atoms with Crippen LogP contribution in [-0.4, -0.2) is 4.43 Å². The van der Waals surface area contributed by atoms with Crippen molar-refractivity contribution in [3.8, 4) is 0 Å². The van der Waals surface area contributed by atoms with Crippen molar-refractivity contribution in [2.45, 2.75) is 33.6 Å². The van der Waals surface area contributed by atoms with Gasteiger partial charge in [-0.1, -0.05) is 48.4 Å². The summed E-state index contributed by atoms with van der Waals surface area (Å²) in [5.74, 6) is 1.70. The van der Waals surface area contributed by atoms with Crippen LogP contribution in [0.4, 0.5) is 0 Å². The van der Waals surface area contributed by atoms with E-state index in [0.29, 0.717) is 0 Å². The summed E-state index contributed by atoms with van der Waals surface area (Å²) in [5.41, 5.74) is 1.32. The fourth-order valence-corrected chi connectivity index (χ4v) is 2.87. The second kappa shape index (κ2) is 6.04. The average molecular weight is 266 g/mol. The molecule has 0 aromatic carbocycles. The summed E-state index contributed by atoms with van der Waals surface area (Å²) < 4.78 is 1.28. The first-order chi connectivity index (χ1) is 5.11. The minimum Gasteiger partial charge on any atom is -0.100 e. The molecule has 0 saturated carbocycles. The van der Waals surface area contributed by atoms with Gasteiger partial charge in [0.25, 0.3) is 0 Å². The van der Waals surface area contributed by atoms with Crippen LogP contribution in [0.1, 0.15) is 33.6 Å². The monoisotopic (exact) mass is 266 g/mol. The SMILES string of the molecule is C=C(C)CC(C)C(CC)CI. The number of rotatable bonds is 5. The van der Waals surface area contributed by atoms with Gasteiger partial charge in [-0.2, -0.15) is 0 Å². The summed E-state index contributed by atoms with van der Waals surface area (Å²) in [6, 6.07) is 0. The molecule has 0 aliphatic heterocycles. The van der Waals surface area contributed by atoms with Crippen molar-refractivity contribution in [3.63, 3.8) is 0 Å². The number of hydrogen-bond donors (Lipinski definition) is 0. The fraction of sp³-hybridized carbons (Fsp3) is 0.800. The van der Waals surface area contributed by atoms with Crippen LogP contribution in [0.15, 0.2) is 12.2 Å². The fourth-order valence-electron chi connectivity index (χ4n) is 1.38. The van der Waals surface area contributed by atoms with Gasteiger partial charge >= 0.3 is 0 Å². The maximum atomic E-state index is 3.94. The highest BCUT2D eigenvalue weighted by Gasteiger charge is 2.13. The number of halogens is 1. The lowest BCUT2D eigenvalue weighted by molar-refractivity contribution is 0.386. The molecule has 11 heavy (non-hydrogen) atoms. The third-order valence-electron chi connectivity index (χ3n) is 2.20. The van der Waals surface area contributed by atoms with Crippen LogP contribution in [0.3, 0.4) is 0 Å². The van der Waals surface area contributed by atoms with Crippen molar-refractivity contribution in [2.24, 2.45) is 11.8 Å². The molecule has 0 bridgehead atoms. The Labute approximate surface area is 84.6 Å². The van der Waals surface area contributed by atoms with E-state index < -0.39 is 0 Å². The van der Waals surface area contributed by atoms with Gasteiger partial charge in [-0.3, -0.25) is 0 Å². The summed E-state index contributed by atoms with van der Waals surface area (Å²) >= 11 is 2.48. The van der Waals surface area contributed by atoms with Gasteiger partial charge in [0.2, 0.25) is 0 Å². The third kappa shape index (κ3) is 4.83. The van der Waals surface area contributed by atoms with Crippen molar-refractivity contribution in [1.29, 1.82) is 0 Å². The molecule has 0 aromatic rings. The largest absolute Gasteiger partial charge is 0.100 e. The van der Waals surface area contributed by atoms with Gasteiger partial charge in [0, 0.05) is 4.43 Å². The van der Waals surface area contributed by atoms with Crippen molar-refractivity contribution >= 4 is 22.6 Å². The molecule has 0 spiro atoms. The lowest BCUT2D eigenvalue weighted by Crippen LogP contribution is -2.12. The quantitative estimate of drug-likeness (QED) is 0.400. The zero-order chi connectivity index (χ0) is 8.85. The van der Waals surface area contributed by atoms with Crippen molar-refractivity contribution in [2.75, 3.05) is 4.43 Å². The van der Waals surface area contributed by atoms with Gasteiger partial charge in [0.05, 0.1) is 0 Å². The Balaban J connectivity index is 3.78. The minimum atomic E-state index is 0.814. The minimum absolute atomic E-state index is 0.814. The van der Waals surface area contributed by atoms with Crippen LogP contribution in [0, 0.1) is 11.8 Å². The van der Waals surface area contributed by atoms with Crippen LogP contribution in [0.5, 0.6) is 0 Å². The molecule has 0 aliphatic carbocycles. The van der Waals surface area contributed by atoms with Crippen LogP contribution in [0.25, 0.3) is 0 Å². The van der Waals surface area contributed by atoms with Gasteiger partial charge in [-0.25, -0.2) is 0 Å². The van der Waals surface area contributed by atoms with E-state index in [4.69, 9.17) is 0 Å². The number of allylic oxidation sites excluding steroid dienone is 1. The van der Waals surface area contributed by atoms with E-state index in [2.05, 4.69) is 49.9 Å². The highest BCUT2D eigenvalue weighted by molar-refractivity contribution is 14.1. The van der Waals surface area contributed by atoms with Crippen LogP contribution in [0.2, 0.25) is 0 Å². The Hall–Kier alpha value is 0.470. The molecule has 0 fully saturated rings. The molecule has 66 valence electrons. The normalized spacial score (nSPS) is 16.0. The van der Waals surface area contributed by atoms with Gasteiger partial charge in [0.1, 0.15) is 0 Å². The summed E-state index contributed by atoms with van der Waals surface area (Å²) in [4.78, 5) is 0. The standard InChI is InChI=1S/C10H19I/c1-5-10(7-11)9(4)6-8(2)3/h9-10H,2,5-7H2,1,3-4H3. The maximum Gasteiger partial charge on any atom is 0.00262 e. The van der Waals surface area contributed by atoms with Crippen molar-refractivity contribution < 1.29 is 0 Å². The van der Waals surface area contributed by atoms with E-state index in [-0.39, 0.29) is 0 Å². The molecule has 0 rings (SSSR count).